The SMILES string of the molecule is CC(C)C1CCCC(CN)(N2CCOCC2)CC1. The Balaban J connectivity index is 2.02. The minimum absolute atomic E-state index is 0.271. The summed E-state index contributed by atoms with van der Waals surface area (Å²) in [7, 11) is 0. The first-order valence-corrected chi connectivity index (χ1v) is 7.71. The lowest BCUT2D eigenvalue weighted by atomic mass is 9.85. The number of rotatable bonds is 3. The first-order valence-electron chi connectivity index (χ1n) is 7.71. The molecular formula is C15H30N2O. The summed E-state index contributed by atoms with van der Waals surface area (Å²) in [6, 6.07) is 0. The van der Waals surface area contributed by atoms with Crippen LogP contribution in [0.15, 0.2) is 0 Å². The molecule has 2 atom stereocenters. The number of hydrogen-bond acceptors (Lipinski definition) is 3. The Kier molecular flexibility index (Phi) is 5.05. The molecule has 1 saturated carbocycles. The van der Waals surface area contributed by atoms with Gasteiger partial charge in [0.1, 0.15) is 0 Å². The van der Waals surface area contributed by atoms with E-state index in [4.69, 9.17) is 10.5 Å². The van der Waals surface area contributed by atoms with Crippen molar-refractivity contribution >= 4 is 0 Å². The van der Waals surface area contributed by atoms with Gasteiger partial charge in [0.2, 0.25) is 0 Å². The van der Waals surface area contributed by atoms with Crippen LogP contribution in [0.25, 0.3) is 0 Å². The molecule has 1 heterocycles. The number of ether oxygens (including phenoxy) is 1. The topological polar surface area (TPSA) is 38.5 Å². The van der Waals surface area contributed by atoms with Crippen molar-refractivity contribution in [1.29, 1.82) is 0 Å². The van der Waals surface area contributed by atoms with Gasteiger partial charge in [-0.15, -0.1) is 0 Å². The van der Waals surface area contributed by atoms with Gasteiger partial charge in [-0.1, -0.05) is 26.7 Å². The average molecular weight is 254 g/mol. The molecule has 3 heteroatoms. The fourth-order valence-corrected chi connectivity index (χ4v) is 3.77. The first kappa shape index (κ1) is 14.3. The highest BCUT2D eigenvalue weighted by Crippen LogP contribution is 2.37. The van der Waals surface area contributed by atoms with Crippen LogP contribution in [-0.4, -0.2) is 43.3 Å². The van der Waals surface area contributed by atoms with Crippen LogP contribution in [0.1, 0.15) is 46.0 Å². The third kappa shape index (κ3) is 3.06. The fraction of sp³-hybridized carbons (Fsp3) is 1.00. The summed E-state index contributed by atoms with van der Waals surface area (Å²) >= 11 is 0. The van der Waals surface area contributed by atoms with Crippen LogP contribution < -0.4 is 5.73 Å². The highest BCUT2D eigenvalue weighted by molar-refractivity contribution is 4.95. The zero-order valence-electron chi connectivity index (χ0n) is 12.2. The molecule has 18 heavy (non-hydrogen) atoms. The standard InChI is InChI=1S/C15H30N2O/c1-13(2)14-4-3-6-15(12-16,7-5-14)17-8-10-18-11-9-17/h13-14H,3-12,16H2,1-2H3. The highest BCUT2D eigenvalue weighted by Gasteiger charge is 2.38. The highest BCUT2D eigenvalue weighted by atomic mass is 16.5. The maximum atomic E-state index is 6.18. The van der Waals surface area contributed by atoms with E-state index in [2.05, 4.69) is 18.7 Å². The van der Waals surface area contributed by atoms with Gasteiger partial charge in [0, 0.05) is 25.2 Å². The van der Waals surface area contributed by atoms with E-state index in [-0.39, 0.29) is 5.54 Å². The third-order valence-electron chi connectivity index (χ3n) is 5.20. The Morgan fingerprint density at radius 2 is 1.94 bits per heavy atom. The predicted molar refractivity (Wildman–Crippen MR) is 75.6 cm³/mol. The second kappa shape index (κ2) is 6.36. The lowest BCUT2D eigenvalue weighted by Gasteiger charge is -2.45. The molecule has 0 spiro atoms. The molecule has 1 aliphatic heterocycles. The number of nitrogens with zero attached hydrogens (tertiary/aromatic N) is 1. The van der Waals surface area contributed by atoms with Crippen LogP contribution in [0.2, 0.25) is 0 Å². The molecule has 0 bridgehead atoms. The Bertz CT molecular complexity index is 251. The van der Waals surface area contributed by atoms with Crippen LogP contribution in [-0.2, 0) is 4.74 Å². The molecule has 2 N–H and O–H groups in total. The van der Waals surface area contributed by atoms with E-state index in [9.17, 15) is 0 Å². The zero-order chi connectivity index (χ0) is 13.0. The number of hydrogen-bond donors (Lipinski definition) is 1. The molecule has 2 aliphatic rings. The van der Waals surface area contributed by atoms with Gasteiger partial charge in [-0.25, -0.2) is 0 Å². The Morgan fingerprint density at radius 3 is 2.56 bits per heavy atom. The molecular weight excluding hydrogens is 224 g/mol. The van der Waals surface area contributed by atoms with Crippen molar-refractivity contribution in [2.24, 2.45) is 17.6 Å². The van der Waals surface area contributed by atoms with Gasteiger partial charge in [-0.2, -0.15) is 0 Å². The van der Waals surface area contributed by atoms with Crippen LogP contribution >= 0.6 is 0 Å². The van der Waals surface area contributed by atoms with E-state index >= 15 is 0 Å². The van der Waals surface area contributed by atoms with E-state index in [1.807, 2.05) is 0 Å². The van der Waals surface area contributed by atoms with Gasteiger partial charge in [0.25, 0.3) is 0 Å². The predicted octanol–water partition coefficient (Wildman–Crippen LogP) is 2.25. The lowest BCUT2D eigenvalue weighted by Crippen LogP contribution is -2.57. The molecule has 0 aromatic carbocycles. The van der Waals surface area contributed by atoms with Gasteiger partial charge >= 0.3 is 0 Å². The molecule has 1 saturated heterocycles. The van der Waals surface area contributed by atoms with E-state index < -0.39 is 0 Å². The van der Waals surface area contributed by atoms with Gasteiger partial charge in [0.15, 0.2) is 0 Å². The molecule has 2 fully saturated rings. The summed E-state index contributed by atoms with van der Waals surface area (Å²) in [5.74, 6) is 1.72. The summed E-state index contributed by atoms with van der Waals surface area (Å²) in [5, 5.41) is 0. The third-order valence-corrected chi connectivity index (χ3v) is 5.20. The van der Waals surface area contributed by atoms with Crippen molar-refractivity contribution in [2.75, 3.05) is 32.8 Å². The van der Waals surface area contributed by atoms with E-state index in [0.717, 1.165) is 44.7 Å². The van der Waals surface area contributed by atoms with Crippen molar-refractivity contribution in [2.45, 2.75) is 51.5 Å². The Hall–Kier alpha value is -0.120. The molecule has 2 unspecified atom stereocenters. The van der Waals surface area contributed by atoms with Crippen molar-refractivity contribution in [3.05, 3.63) is 0 Å². The summed E-state index contributed by atoms with van der Waals surface area (Å²) in [6.45, 7) is 9.47. The maximum Gasteiger partial charge on any atom is 0.0594 e. The second-order valence-corrected chi connectivity index (χ2v) is 6.46. The lowest BCUT2D eigenvalue weighted by molar-refractivity contribution is -0.0261. The summed E-state index contributed by atoms with van der Waals surface area (Å²) < 4.78 is 5.49. The number of morpholine rings is 1. The van der Waals surface area contributed by atoms with Crippen molar-refractivity contribution < 1.29 is 4.74 Å². The largest absolute Gasteiger partial charge is 0.379 e. The molecule has 0 aromatic rings. The minimum Gasteiger partial charge on any atom is -0.379 e. The van der Waals surface area contributed by atoms with Gasteiger partial charge < -0.3 is 10.5 Å². The van der Waals surface area contributed by atoms with Crippen molar-refractivity contribution in [3.8, 4) is 0 Å². The summed E-state index contributed by atoms with van der Waals surface area (Å²) in [6.07, 6.45) is 6.66. The van der Waals surface area contributed by atoms with Gasteiger partial charge in [0.05, 0.1) is 13.2 Å². The molecule has 106 valence electrons. The average Bonchev–Trinajstić information content (AvgIpc) is 2.63. The first-order chi connectivity index (χ1) is 8.68. The molecule has 0 radical (unpaired) electrons. The summed E-state index contributed by atoms with van der Waals surface area (Å²) in [4.78, 5) is 2.62. The minimum atomic E-state index is 0.271. The van der Waals surface area contributed by atoms with Crippen LogP contribution in [0.5, 0.6) is 0 Å². The second-order valence-electron chi connectivity index (χ2n) is 6.46. The molecule has 0 amide bonds. The summed E-state index contributed by atoms with van der Waals surface area (Å²) in [5.41, 5.74) is 6.45. The van der Waals surface area contributed by atoms with Crippen LogP contribution in [0.4, 0.5) is 0 Å². The van der Waals surface area contributed by atoms with Crippen LogP contribution in [0, 0.1) is 11.8 Å². The number of nitrogens with two attached hydrogens (primary N) is 1. The van der Waals surface area contributed by atoms with Crippen molar-refractivity contribution in [3.63, 3.8) is 0 Å². The quantitative estimate of drug-likeness (QED) is 0.785. The maximum absolute atomic E-state index is 6.18. The Morgan fingerprint density at radius 1 is 1.22 bits per heavy atom. The smallest absolute Gasteiger partial charge is 0.0594 e. The van der Waals surface area contributed by atoms with Gasteiger partial charge in [-0.05, 0) is 31.1 Å². The van der Waals surface area contributed by atoms with E-state index in [1.165, 1.54) is 32.1 Å². The molecule has 0 aromatic heterocycles. The van der Waals surface area contributed by atoms with Crippen molar-refractivity contribution in [1.82, 2.24) is 4.90 Å². The van der Waals surface area contributed by atoms with E-state index in [1.54, 1.807) is 0 Å². The van der Waals surface area contributed by atoms with Crippen LogP contribution in [0.3, 0.4) is 0 Å². The van der Waals surface area contributed by atoms with Gasteiger partial charge in [-0.3, -0.25) is 4.90 Å². The Labute approximate surface area is 112 Å². The zero-order valence-corrected chi connectivity index (χ0v) is 12.2. The van der Waals surface area contributed by atoms with E-state index in [0.29, 0.717) is 0 Å². The molecule has 1 aliphatic carbocycles. The normalized spacial score (nSPS) is 35.7. The monoisotopic (exact) mass is 254 g/mol. The molecule has 2 rings (SSSR count). The fourth-order valence-electron chi connectivity index (χ4n) is 3.77. The molecule has 3 nitrogen and oxygen atoms in total.